The first-order valence-corrected chi connectivity index (χ1v) is 6.55. The lowest BCUT2D eigenvalue weighted by Gasteiger charge is -2.04. The van der Waals surface area contributed by atoms with Crippen molar-refractivity contribution in [2.75, 3.05) is 5.32 Å². The van der Waals surface area contributed by atoms with Crippen LogP contribution in [0.15, 0.2) is 65.1 Å². The van der Waals surface area contributed by atoms with Crippen molar-refractivity contribution in [2.45, 2.75) is 6.54 Å². The lowest BCUT2D eigenvalue weighted by atomic mass is 10.2. The molecule has 3 rings (SSSR count). The average molecular weight is 285 g/mol. The third-order valence-electron chi connectivity index (χ3n) is 3.10. The van der Waals surface area contributed by atoms with Gasteiger partial charge in [0.25, 0.3) is 0 Å². The molecule has 0 amide bonds. The summed E-state index contributed by atoms with van der Waals surface area (Å²) in [5.41, 5.74) is 1.64. The monoisotopic (exact) mass is 285 g/mol. The molecule has 0 atom stereocenters. The molecule has 0 bridgehead atoms. The van der Waals surface area contributed by atoms with E-state index in [2.05, 4.69) is 5.32 Å². The molecule has 2 nitrogen and oxygen atoms in total. The van der Waals surface area contributed by atoms with E-state index in [1.54, 1.807) is 24.3 Å². The number of nitrogens with one attached hydrogen (secondary N) is 1. The summed E-state index contributed by atoms with van der Waals surface area (Å²) in [5, 5.41) is 3.14. The quantitative estimate of drug-likeness (QED) is 0.742. The number of hydrogen-bond acceptors (Lipinski definition) is 2. The number of furan rings is 1. The van der Waals surface area contributed by atoms with Gasteiger partial charge in [0.2, 0.25) is 0 Å². The topological polar surface area (TPSA) is 25.2 Å². The predicted octanol–water partition coefficient (Wildman–Crippen LogP) is 4.84. The molecular weight excluding hydrogens is 272 g/mol. The largest absolute Gasteiger partial charge is 0.459 e. The van der Waals surface area contributed by atoms with E-state index in [9.17, 15) is 8.78 Å². The Morgan fingerprint density at radius 1 is 0.762 bits per heavy atom. The van der Waals surface area contributed by atoms with Gasteiger partial charge < -0.3 is 9.73 Å². The van der Waals surface area contributed by atoms with Crippen LogP contribution in [0.1, 0.15) is 5.76 Å². The molecule has 0 saturated heterocycles. The second-order valence-corrected chi connectivity index (χ2v) is 4.63. The number of hydrogen-bond donors (Lipinski definition) is 1. The molecule has 0 aliphatic carbocycles. The molecule has 4 heteroatoms. The van der Waals surface area contributed by atoms with Crippen LogP contribution in [0.2, 0.25) is 0 Å². The Morgan fingerprint density at radius 3 is 2.05 bits per heavy atom. The Kier molecular flexibility index (Phi) is 3.69. The van der Waals surface area contributed by atoms with Gasteiger partial charge >= 0.3 is 0 Å². The summed E-state index contributed by atoms with van der Waals surface area (Å²) in [4.78, 5) is 0. The van der Waals surface area contributed by atoms with Crippen LogP contribution >= 0.6 is 0 Å². The van der Waals surface area contributed by atoms with E-state index in [4.69, 9.17) is 4.42 Å². The van der Waals surface area contributed by atoms with Crippen LogP contribution in [0.3, 0.4) is 0 Å². The maximum atomic E-state index is 12.9. The fraction of sp³-hybridized carbons (Fsp3) is 0.0588. The summed E-state index contributed by atoms with van der Waals surface area (Å²) in [5.74, 6) is 0.894. The van der Waals surface area contributed by atoms with Gasteiger partial charge in [0.1, 0.15) is 23.2 Å². The lowest BCUT2D eigenvalue weighted by molar-refractivity contribution is 0.531. The first-order valence-electron chi connectivity index (χ1n) is 6.55. The number of benzene rings is 2. The lowest BCUT2D eigenvalue weighted by Crippen LogP contribution is -1.97. The van der Waals surface area contributed by atoms with Crippen molar-refractivity contribution in [1.29, 1.82) is 0 Å². The summed E-state index contributed by atoms with van der Waals surface area (Å²) in [6.07, 6.45) is 0. The molecule has 1 N–H and O–H groups in total. The highest BCUT2D eigenvalue weighted by atomic mass is 19.1. The SMILES string of the molecule is Fc1ccc(NCc2ccc(-c3ccc(F)cc3)o2)cc1. The fourth-order valence-corrected chi connectivity index (χ4v) is 2.00. The van der Waals surface area contributed by atoms with Crippen LogP contribution < -0.4 is 5.32 Å². The highest BCUT2D eigenvalue weighted by Gasteiger charge is 2.05. The van der Waals surface area contributed by atoms with Crippen molar-refractivity contribution in [1.82, 2.24) is 0 Å². The first kappa shape index (κ1) is 13.4. The van der Waals surface area contributed by atoms with Crippen molar-refractivity contribution in [3.63, 3.8) is 0 Å². The van der Waals surface area contributed by atoms with Crippen LogP contribution in [-0.4, -0.2) is 0 Å². The second-order valence-electron chi connectivity index (χ2n) is 4.63. The highest BCUT2D eigenvalue weighted by Crippen LogP contribution is 2.23. The van der Waals surface area contributed by atoms with E-state index < -0.39 is 0 Å². The molecule has 0 fully saturated rings. The molecule has 3 aromatic rings. The molecule has 0 radical (unpaired) electrons. The van der Waals surface area contributed by atoms with Crippen molar-refractivity contribution >= 4 is 5.69 Å². The fourth-order valence-electron chi connectivity index (χ4n) is 2.00. The Bertz CT molecular complexity index is 717. The third kappa shape index (κ3) is 3.28. The van der Waals surface area contributed by atoms with Crippen molar-refractivity contribution in [3.8, 4) is 11.3 Å². The molecule has 2 aromatic carbocycles. The van der Waals surface area contributed by atoms with Gasteiger partial charge in [-0.3, -0.25) is 0 Å². The van der Waals surface area contributed by atoms with Gasteiger partial charge in [-0.25, -0.2) is 8.78 Å². The predicted molar refractivity (Wildman–Crippen MR) is 77.8 cm³/mol. The van der Waals surface area contributed by atoms with E-state index in [1.807, 2.05) is 12.1 Å². The minimum atomic E-state index is -0.275. The molecule has 21 heavy (non-hydrogen) atoms. The highest BCUT2D eigenvalue weighted by molar-refractivity contribution is 5.57. The third-order valence-corrected chi connectivity index (χ3v) is 3.10. The summed E-state index contributed by atoms with van der Waals surface area (Å²) in [7, 11) is 0. The maximum absolute atomic E-state index is 12.9. The molecule has 0 aliphatic rings. The van der Waals surface area contributed by atoms with Crippen molar-refractivity contribution < 1.29 is 13.2 Å². The molecule has 0 aliphatic heterocycles. The van der Waals surface area contributed by atoms with Gasteiger partial charge in [-0.1, -0.05) is 0 Å². The molecular formula is C17H13F2NO. The van der Waals surface area contributed by atoms with Gasteiger partial charge in [0.05, 0.1) is 6.54 Å². The normalized spacial score (nSPS) is 10.6. The van der Waals surface area contributed by atoms with E-state index >= 15 is 0 Å². The van der Waals surface area contributed by atoms with Gasteiger partial charge in [0, 0.05) is 11.3 Å². The average Bonchev–Trinajstić information content (AvgIpc) is 2.96. The molecule has 1 heterocycles. The standard InChI is InChI=1S/C17H13F2NO/c18-13-3-1-12(2-4-13)17-10-9-16(21-17)11-20-15-7-5-14(19)6-8-15/h1-10,20H,11H2. The van der Waals surface area contributed by atoms with E-state index in [-0.39, 0.29) is 11.6 Å². The van der Waals surface area contributed by atoms with Crippen molar-refractivity contribution in [2.24, 2.45) is 0 Å². The number of halogens is 2. The van der Waals surface area contributed by atoms with Crippen LogP contribution in [-0.2, 0) is 6.54 Å². The smallest absolute Gasteiger partial charge is 0.134 e. The van der Waals surface area contributed by atoms with Crippen molar-refractivity contribution in [3.05, 3.63) is 78.1 Å². The Hall–Kier alpha value is -2.62. The molecule has 0 spiro atoms. The molecule has 1 aromatic heterocycles. The van der Waals surface area contributed by atoms with Crippen LogP contribution in [0.5, 0.6) is 0 Å². The zero-order valence-electron chi connectivity index (χ0n) is 11.1. The van der Waals surface area contributed by atoms with Gasteiger partial charge in [-0.15, -0.1) is 0 Å². The van der Waals surface area contributed by atoms with E-state index in [0.717, 1.165) is 17.0 Å². The zero-order chi connectivity index (χ0) is 14.7. The van der Waals surface area contributed by atoms with Crippen LogP contribution in [0, 0.1) is 11.6 Å². The maximum Gasteiger partial charge on any atom is 0.134 e. The summed E-state index contributed by atoms with van der Waals surface area (Å²) in [6.45, 7) is 0.493. The van der Waals surface area contributed by atoms with Crippen LogP contribution in [0.4, 0.5) is 14.5 Å². The van der Waals surface area contributed by atoms with Gasteiger partial charge in [-0.05, 0) is 60.7 Å². The first-order chi connectivity index (χ1) is 10.2. The van der Waals surface area contributed by atoms with E-state index in [1.165, 1.54) is 24.3 Å². The second kappa shape index (κ2) is 5.79. The minimum absolute atomic E-state index is 0.267. The van der Waals surface area contributed by atoms with Crippen LogP contribution in [0.25, 0.3) is 11.3 Å². The Balaban J connectivity index is 1.67. The van der Waals surface area contributed by atoms with E-state index in [0.29, 0.717) is 12.3 Å². The Morgan fingerprint density at radius 2 is 1.38 bits per heavy atom. The molecule has 106 valence electrons. The summed E-state index contributed by atoms with van der Waals surface area (Å²) >= 11 is 0. The summed E-state index contributed by atoms with van der Waals surface area (Å²) in [6, 6.07) is 16.0. The molecule has 0 unspecified atom stereocenters. The Labute approximate surface area is 121 Å². The number of rotatable bonds is 4. The summed E-state index contributed by atoms with van der Waals surface area (Å²) < 4.78 is 31.4. The van der Waals surface area contributed by atoms with Gasteiger partial charge in [-0.2, -0.15) is 0 Å². The number of anilines is 1. The van der Waals surface area contributed by atoms with Gasteiger partial charge in [0.15, 0.2) is 0 Å². The minimum Gasteiger partial charge on any atom is -0.459 e. The zero-order valence-corrected chi connectivity index (χ0v) is 11.1. The molecule has 0 saturated carbocycles.